The second-order valence-electron chi connectivity index (χ2n) is 7.52. The Kier molecular flexibility index (Phi) is 5.38. The largest absolute Gasteiger partial charge is 0.356 e. The standard InChI is InChI=1S/C22H26ClN3S/c1-4-17-18(15-12-10-14(2)11-13-15)19-20(24-22(23)25-21(19)27-17)26(3)16-8-6-5-7-9-16/h10-13,16H,4-9H2,1-3H3. The van der Waals surface area contributed by atoms with Crippen LogP contribution in [-0.4, -0.2) is 23.1 Å². The van der Waals surface area contributed by atoms with Gasteiger partial charge in [-0.3, -0.25) is 0 Å². The zero-order valence-corrected chi connectivity index (χ0v) is 17.8. The maximum Gasteiger partial charge on any atom is 0.225 e. The molecular weight excluding hydrogens is 374 g/mol. The van der Waals surface area contributed by atoms with Crippen LogP contribution < -0.4 is 4.90 Å². The van der Waals surface area contributed by atoms with E-state index in [4.69, 9.17) is 16.6 Å². The summed E-state index contributed by atoms with van der Waals surface area (Å²) in [6.07, 6.45) is 7.37. The maximum atomic E-state index is 6.34. The average Bonchev–Trinajstić information content (AvgIpc) is 3.06. The highest BCUT2D eigenvalue weighted by molar-refractivity contribution is 7.19. The molecule has 1 aliphatic rings. The molecule has 2 heterocycles. The molecule has 1 aliphatic carbocycles. The zero-order valence-electron chi connectivity index (χ0n) is 16.3. The number of thiophene rings is 1. The SMILES string of the molecule is CCc1sc2nc(Cl)nc(N(C)C3CCCCC3)c2c1-c1ccc(C)cc1. The Morgan fingerprint density at radius 1 is 1.11 bits per heavy atom. The monoisotopic (exact) mass is 399 g/mol. The van der Waals surface area contributed by atoms with E-state index in [9.17, 15) is 0 Å². The summed E-state index contributed by atoms with van der Waals surface area (Å²) in [6.45, 7) is 4.34. The fraction of sp³-hybridized carbons (Fsp3) is 0.455. The second-order valence-corrected chi connectivity index (χ2v) is 8.94. The van der Waals surface area contributed by atoms with E-state index < -0.39 is 0 Å². The van der Waals surface area contributed by atoms with Crippen LogP contribution in [0.15, 0.2) is 24.3 Å². The first-order chi connectivity index (χ1) is 13.1. The van der Waals surface area contributed by atoms with Crippen molar-refractivity contribution in [3.05, 3.63) is 40.0 Å². The Morgan fingerprint density at radius 2 is 1.81 bits per heavy atom. The van der Waals surface area contributed by atoms with Crippen molar-refractivity contribution in [3.8, 4) is 11.1 Å². The minimum absolute atomic E-state index is 0.347. The lowest BCUT2D eigenvalue weighted by molar-refractivity contribution is 0.426. The van der Waals surface area contributed by atoms with Gasteiger partial charge in [0.2, 0.25) is 5.28 Å². The fourth-order valence-electron chi connectivity index (χ4n) is 4.17. The predicted molar refractivity (Wildman–Crippen MR) is 117 cm³/mol. The molecule has 0 amide bonds. The number of nitrogens with zero attached hydrogens (tertiary/aromatic N) is 3. The van der Waals surface area contributed by atoms with Gasteiger partial charge in [0.25, 0.3) is 0 Å². The third-order valence-electron chi connectivity index (χ3n) is 5.70. The predicted octanol–water partition coefficient (Wildman–Crippen LogP) is 6.65. The molecule has 3 aromatic rings. The van der Waals surface area contributed by atoms with Crippen LogP contribution in [0.5, 0.6) is 0 Å². The molecule has 142 valence electrons. The third kappa shape index (κ3) is 3.57. The van der Waals surface area contributed by atoms with E-state index in [-0.39, 0.29) is 0 Å². The van der Waals surface area contributed by atoms with Gasteiger partial charge in [0.15, 0.2) is 0 Å². The van der Waals surface area contributed by atoms with Crippen LogP contribution in [-0.2, 0) is 6.42 Å². The molecule has 0 bridgehead atoms. The summed E-state index contributed by atoms with van der Waals surface area (Å²) >= 11 is 8.09. The minimum atomic E-state index is 0.347. The van der Waals surface area contributed by atoms with E-state index in [0.717, 1.165) is 22.5 Å². The molecule has 0 atom stereocenters. The fourth-order valence-corrected chi connectivity index (χ4v) is 5.52. The number of aryl methyl sites for hydroxylation is 2. The number of anilines is 1. The molecule has 0 unspecified atom stereocenters. The summed E-state index contributed by atoms with van der Waals surface area (Å²) in [7, 11) is 2.18. The van der Waals surface area contributed by atoms with Crippen molar-refractivity contribution in [1.29, 1.82) is 0 Å². The maximum absolute atomic E-state index is 6.34. The molecule has 0 aliphatic heterocycles. The average molecular weight is 400 g/mol. The van der Waals surface area contributed by atoms with Crippen molar-refractivity contribution in [2.45, 2.75) is 58.4 Å². The molecule has 1 aromatic carbocycles. The smallest absolute Gasteiger partial charge is 0.225 e. The van der Waals surface area contributed by atoms with E-state index in [0.29, 0.717) is 11.3 Å². The molecule has 0 N–H and O–H groups in total. The van der Waals surface area contributed by atoms with Gasteiger partial charge in [-0.15, -0.1) is 11.3 Å². The molecule has 4 rings (SSSR count). The first-order valence-electron chi connectivity index (χ1n) is 9.87. The molecule has 1 saturated carbocycles. The van der Waals surface area contributed by atoms with Crippen LogP contribution in [0.4, 0.5) is 5.82 Å². The molecular formula is C22H26ClN3S. The van der Waals surface area contributed by atoms with Crippen molar-refractivity contribution < 1.29 is 0 Å². The van der Waals surface area contributed by atoms with Crippen molar-refractivity contribution in [1.82, 2.24) is 9.97 Å². The Labute approximate surface area is 170 Å². The van der Waals surface area contributed by atoms with Crippen LogP contribution in [0.25, 0.3) is 21.3 Å². The lowest BCUT2D eigenvalue weighted by Crippen LogP contribution is -2.34. The molecule has 2 aromatic heterocycles. The van der Waals surface area contributed by atoms with Gasteiger partial charge in [0.1, 0.15) is 10.6 Å². The first-order valence-corrected chi connectivity index (χ1v) is 11.1. The summed E-state index contributed by atoms with van der Waals surface area (Å²) in [5.41, 5.74) is 3.80. The Hall–Kier alpha value is -1.65. The molecule has 0 spiro atoms. The number of rotatable bonds is 4. The van der Waals surface area contributed by atoms with Crippen molar-refractivity contribution in [2.24, 2.45) is 0 Å². The van der Waals surface area contributed by atoms with Crippen LogP contribution in [0, 0.1) is 6.92 Å². The quantitative estimate of drug-likeness (QED) is 0.459. The topological polar surface area (TPSA) is 29.0 Å². The summed E-state index contributed by atoms with van der Waals surface area (Å²) in [4.78, 5) is 14.0. The van der Waals surface area contributed by atoms with Crippen LogP contribution in [0.1, 0.15) is 49.5 Å². The van der Waals surface area contributed by atoms with Gasteiger partial charge in [-0.1, -0.05) is 56.0 Å². The Bertz CT molecular complexity index is 942. The first kappa shape index (κ1) is 18.7. The summed E-state index contributed by atoms with van der Waals surface area (Å²) in [5.74, 6) is 0.989. The van der Waals surface area contributed by atoms with Crippen LogP contribution >= 0.6 is 22.9 Å². The number of halogens is 1. The molecule has 3 nitrogen and oxygen atoms in total. The Balaban J connectivity index is 1.92. The third-order valence-corrected chi connectivity index (χ3v) is 7.09. The van der Waals surface area contributed by atoms with Gasteiger partial charge in [0, 0.05) is 23.5 Å². The Morgan fingerprint density at radius 3 is 2.48 bits per heavy atom. The highest BCUT2D eigenvalue weighted by atomic mass is 35.5. The van der Waals surface area contributed by atoms with Crippen molar-refractivity contribution >= 4 is 39.0 Å². The highest BCUT2D eigenvalue weighted by Crippen LogP contribution is 2.43. The number of aromatic nitrogens is 2. The van der Waals surface area contributed by atoms with Crippen LogP contribution in [0.2, 0.25) is 5.28 Å². The van der Waals surface area contributed by atoms with Gasteiger partial charge < -0.3 is 4.90 Å². The number of hydrogen-bond donors (Lipinski definition) is 0. The number of hydrogen-bond acceptors (Lipinski definition) is 4. The van der Waals surface area contributed by atoms with Crippen molar-refractivity contribution in [3.63, 3.8) is 0 Å². The second kappa shape index (κ2) is 7.76. The normalized spacial score (nSPS) is 15.4. The zero-order chi connectivity index (χ0) is 19.0. The summed E-state index contributed by atoms with van der Waals surface area (Å²) in [5, 5.41) is 1.51. The van der Waals surface area contributed by atoms with Gasteiger partial charge >= 0.3 is 0 Å². The molecule has 27 heavy (non-hydrogen) atoms. The molecule has 5 heteroatoms. The van der Waals surface area contributed by atoms with Crippen LogP contribution in [0.3, 0.4) is 0 Å². The molecule has 0 saturated heterocycles. The minimum Gasteiger partial charge on any atom is -0.356 e. The molecule has 0 radical (unpaired) electrons. The lowest BCUT2D eigenvalue weighted by Gasteiger charge is -2.32. The highest BCUT2D eigenvalue weighted by Gasteiger charge is 2.25. The van der Waals surface area contributed by atoms with E-state index in [1.165, 1.54) is 53.7 Å². The van der Waals surface area contributed by atoms with Gasteiger partial charge in [-0.2, -0.15) is 4.98 Å². The van der Waals surface area contributed by atoms with Crippen molar-refractivity contribution in [2.75, 3.05) is 11.9 Å². The van der Waals surface area contributed by atoms with Gasteiger partial charge in [-0.05, 0) is 43.4 Å². The van der Waals surface area contributed by atoms with E-state index in [1.54, 1.807) is 11.3 Å². The van der Waals surface area contributed by atoms with E-state index in [2.05, 4.69) is 55.0 Å². The van der Waals surface area contributed by atoms with Gasteiger partial charge in [0.05, 0.1) is 5.39 Å². The lowest BCUT2D eigenvalue weighted by atomic mass is 9.94. The number of fused-ring (bicyclic) bond motifs is 1. The van der Waals surface area contributed by atoms with E-state index >= 15 is 0 Å². The summed E-state index contributed by atoms with van der Waals surface area (Å²) < 4.78 is 0. The number of benzene rings is 1. The van der Waals surface area contributed by atoms with Gasteiger partial charge in [-0.25, -0.2) is 4.98 Å². The van der Waals surface area contributed by atoms with E-state index in [1.807, 2.05) is 0 Å². The molecule has 1 fully saturated rings. The summed E-state index contributed by atoms with van der Waals surface area (Å²) in [6, 6.07) is 9.33.